The van der Waals surface area contributed by atoms with Gasteiger partial charge in [-0.1, -0.05) is 28.1 Å². The van der Waals surface area contributed by atoms with Gasteiger partial charge in [0.1, 0.15) is 5.82 Å². The lowest BCUT2D eigenvalue weighted by molar-refractivity contribution is 0.351. The number of ether oxygens (including phenoxy) is 2. The van der Waals surface area contributed by atoms with Gasteiger partial charge in [-0.3, -0.25) is 0 Å². The number of hydrogen-bond donors (Lipinski definition) is 0. The first-order chi connectivity index (χ1) is 9.97. The van der Waals surface area contributed by atoms with Crippen molar-refractivity contribution in [2.75, 3.05) is 14.2 Å². The van der Waals surface area contributed by atoms with E-state index in [2.05, 4.69) is 15.9 Å². The molecule has 2 aromatic carbocycles. The molecule has 0 spiro atoms. The summed E-state index contributed by atoms with van der Waals surface area (Å²) in [5.41, 5.74) is 2.24. The largest absolute Gasteiger partial charge is 0.493 e. The molecule has 0 saturated carbocycles. The van der Waals surface area contributed by atoms with E-state index in [1.807, 2.05) is 25.1 Å². The second kappa shape index (κ2) is 6.67. The fourth-order valence-corrected chi connectivity index (χ4v) is 3.28. The van der Waals surface area contributed by atoms with E-state index >= 15 is 0 Å². The van der Waals surface area contributed by atoms with Crippen molar-refractivity contribution in [1.82, 2.24) is 0 Å². The zero-order chi connectivity index (χ0) is 15.6. The Morgan fingerprint density at radius 1 is 1.05 bits per heavy atom. The summed E-state index contributed by atoms with van der Waals surface area (Å²) in [6, 6.07) is 8.62. The zero-order valence-electron chi connectivity index (χ0n) is 11.9. The maximum Gasteiger partial charge on any atom is 0.163 e. The van der Waals surface area contributed by atoms with Crippen LogP contribution >= 0.6 is 27.5 Å². The second-order valence-electron chi connectivity index (χ2n) is 4.62. The zero-order valence-corrected chi connectivity index (χ0v) is 14.3. The van der Waals surface area contributed by atoms with E-state index in [1.165, 1.54) is 20.3 Å². The van der Waals surface area contributed by atoms with Gasteiger partial charge in [-0.2, -0.15) is 0 Å². The third-order valence-corrected chi connectivity index (χ3v) is 4.36. The number of aryl methyl sites for hydroxylation is 1. The van der Waals surface area contributed by atoms with Crippen LogP contribution in [0.5, 0.6) is 11.5 Å². The van der Waals surface area contributed by atoms with Crippen LogP contribution in [0.2, 0.25) is 0 Å². The highest BCUT2D eigenvalue weighted by Crippen LogP contribution is 2.39. The molecule has 5 heteroatoms. The maximum absolute atomic E-state index is 14.3. The van der Waals surface area contributed by atoms with E-state index in [4.69, 9.17) is 21.1 Å². The third-order valence-electron chi connectivity index (χ3n) is 3.20. The smallest absolute Gasteiger partial charge is 0.163 e. The first kappa shape index (κ1) is 16.1. The maximum atomic E-state index is 14.3. The first-order valence-corrected chi connectivity index (χ1v) is 7.52. The molecule has 112 valence electrons. The fraction of sp³-hybridized carbons (Fsp3) is 0.250. The van der Waals surface area contributed by atoms with Crippen molar-refractivity contribution in [3.63, 3.8) is 0 Å². The standard InChI is InChI=1S/C16H15BrClFO2/c1-9-4-5-10(12(17)6-9)16(18)11-7-14(20-2)15(21-3)8-13(11)19/h4-8,16H,1-3H3. The molecule has 0 bridgehead atoms. The highest BCUT2D eigenvalue weighted by atomic mass is 79.9. The molecule has 0 saturated heterocycles. The summed E-state index contributed by atoms with van der Waals surface area (Å²) in [5, 5.41) is -0.625. The van der Waals surface area contributed by atoms with Gasteiger partial charge < -0.3 is 9.47 Å². The van der Waals surface area contributed by atoms with Gasteiger partial charge in [0.25, 0.3) is 0 Å². The second-order valence-corrected chi connectivity index (χ2v) is 5.91. The molecular weight excluding hydrogens is 359 g/mol. The van der Waals surface area contributed by atoms with Crippen molar-refractivity contribution in [2.24, 2.45) is 0 Å². The minimum atomic E-state index is -0.625. The Balaban J connectivity index is 2.50. The molecule has 0 amide bonds. The third kappa shape index (κ3) is 3.33. The van der Waals surface area contributed by atoms with Crippen LogP contribution in [0.4, 0.5) is 4.39 Å². The Bertz CT molecular complexity index is 661. The molecular formula is C16H15BrClFO2. The van der Waals surface area contributed by atoms with Crippen LogP contribution in [-0.4, -0.2) is 14.2 Å². The van der Waals surface area contributed by atoms with Crippen molar-refractivity contribution >= 4 is 27.5 Å². The lowest BCUT2D eigenvalue weighted by Gasteiger charge is -2.16. The Morgan fingerprint density at radius 3 is 2.24 bits per heavy atom. The van der Waals surface area contributed by atoms with Crippen molar-refractivity contribution in [3.05, 3.63) is 57.3 Å². The van der Waals surface area contributed by atoms with Gasteiger partial charge in [-0.05, 0) is 30.2 Å². The molecule has 0 aliphatic heterocycles. The molecule has 0 aliphatic rings. The summed E-state index contributed by atoms with van der Waals surface area (Å²) < 4.78 is 25.4. The molecule has 0 aromatic heterocycles. The van der Waals surface area contributed by atoms with Gasteiger partial charge in [0.15, 0.2) is 11.5 Å². The van der Waals surface area contributed by atoms with Gasteiger partial charge in [0.2, 0.25) is 0 Å². The van der Waals surface area contributed by atoms with E-state index < -0.39 is 11.2 Å². The summed E-state index contributed by atoms with van der Waals surface area (Å²) in [5.74, 6) is 0.355. The highest BCUT2D eigenvalue weighted by Gasteiger charge is 2.21. The minimum Gasteiger partial charge on any atom is -0.493 e. The predicted octanol–water partition coefficient (Wildman–Crippen LogP) is 5.24. The quantitative estimate of drug-likeness (QED) is 0.682. The van der Waals surface area contributed by atoms with Gasteiger partial charge in [0, 0.05) is 16.1 Å². The molecule has 0 heterocycles. The molecule has 2 rings (SSSR count). The SMILES string of the molecule is COc1cc(F)c(C(Cl)c2ccc(C)cc2Br)cc1OC. The predicted molar refractivity (Wildman–Crippen MR) is 86.1 cm³/mol. The molecule has 0 aliphatic carbocycles. The average molecular weight is 374 g/mol. The van der Waals surface area contributed by atoms with Crippen LogP contribution in [0.1, 0.15) is 22.1 Å². The van der Waals surface area contributed by atoms with Gasteiger partial charge in [0.05, 0.1) is 19.6 Å². The monoisotopic (exact) mass is 372 g/mol. The summed E-state index contributed by atoms with van der Waals surface area (Å²) in [7, 11) is 2.97. The molecule has 1 atom stereocenters. The lowest BCUT2D eigenvalue weighted by Crippen LogP contribution is -2.01. The summed E-state index contributed by atoms with van der Waals surface area (Å²) >= 11 is 9.92. The molecule has 0 N–H and O–H groups in total. The van der Waals surface area contributed by atoms with Crippen LogP contribution in [0.25, 0.3) is 0 Å². The molecule has 2 aromatic rings. The number of methoxy groups -OCH3 is 2. The topological polar surface area (TPSA) is 18.5 Å². The van der Waals surface area contributed by atoms with Crippen molar-refractivity contribution < 1.29 is 13.9 Å². The molecule has 1 unspecified atom stereocenters. The summed E-state index contributed by atoms with van der Waals surface area (Å²) in [6.45, 7) is 1.98. The first-order valence-electron chi connectivity index (χ1n) is 6.29. The molecule has 0 fully saturated rings. The van der Waals surface area contributed by atoms with E-state index in [1.54, 1.807) is 6.07 Å². The van der Waals surface area contributed by atoms with Gasteiger partial charge >= 0.3 is 0 Å². The van der Waals surface area contributed by atoms with Gasteiger partial charge in [-0.15, -0.1) is 11.6 Å². The Kier molecular flexibility index (Phi) is 5.12. The van der Waals surface area contributed by atoms with Crippen LogP contribution in [0, 0.1) is 12.7 Å². The van der Waals surface area contributed by atoms with Crippen LogP contribution in [0.3, 0.4) is 0 Å². The Labute approximate surface area is 137 Å². The number of alkyl halides is 1. The van der Waals surface area contributed by atoms with E-state index in [0.717, 1.165) is 15.6 Å². The summed E-state index contributed by atoms with van der Waals surface area (Å²) in [4.78, 5) is 0. The van der Waals surface area contributed by atoms with E-state index in [0.29, 0.717) is 17.1 Å². The van der Waals surface area contributed by atoms with Crippen molar-refractivity contribution in [3.8, 4) is 11.5 Å². The number of benzene rings is 2. The summed E-state index contributed by atoms with van der Waals surface area (Å²) in [6.07, 6.45) is 0. The number of halogens is 3. The number of hydrogen-bond acceptors (Lipinski definition) is 2. The average Bonchev–Trinajstić information content (AvgIpc) is 2.46. The Morgan fingerprint density at radius 2 is 1.67 bits per heavy atom. The van der Waals surface area contributed by atoms with Crippen LogP contribution < -0.4 is 9.47 Å². The van der Waals surface area contributed by atoms with Crippen molar-refractivity contribution in [2.45, 2.75) is 12.3 Å². The van der Waals surface area contributed by atoms with E-state index in [-0.39, 0.29) is 0 Å². The molecule has 21 heavy (non-hydrogen) atoms. The number of rotatable bonds is 4. The minimum absolute atomic E-state index is 0.339. The fourth-order valence-electron chi connectivity index (χ4n) is 2.07. The highest BCUT2D eigenvalue weighted by molar-refractivity contribution is 9.10. The normalized spacial score (nSPS) is 12.1. The molecule has 2 nitrogen and oxygen atoms in total. The lowest BCUT2D eigenvalue weighted by atomic mass is 10.0. The van der Waals surface area contributed by atoms with Crippen molar-refractivity contribution in [1.29, 1.82) is 0 Å². The van der Waals surface area contributed by atoms with Gasteiger partial charge in [-0.25, -0.2) is 4.39 Å². The van der Waals surface area contributed by atoms with Crippen LogP contribution in [-0.2, 0) is 0 Å². The van der Waals surface area contributed by atoms with Crippen LogP contribution in [0.15, 0.2) is 34.8 Å². The van der Waals surface area contributed by atoms with E-state index in [9.17, 15) is 4.39 Å². The molecule has 0 radical (unpaired) electrons. The Hall–Kier alpha value is -1.26.